The predicted molar refractivity (Wildman–Crippen MR) is 118 cm³/mol. The Morgan fingerprint density at radius 1 is 1.28 bits per heavy atom. The van der Waals surface area contributed by atoms with Crippen LogP contribution in [0, 0.1) is 0 Å². The molecule has 2 saturated heterocycles. The number of hydrogen-bond acceptors (Lipinski definition) is 6. The molecule has 3 heterocycles. The first-order chi connectivity index (χ1) is 13.9. The van der Waals surface area contributed by atoms with Crippen LogP contribution in [0.3, 0.4) is 0 Å². The van der Waals surface area contributed by atoms with Crippen LogP contribution in [-0.2, 0) is 22.6 Å². The molecule has 0 unspecified atom stereocenters. The van der Waals surface area contributed by atoms with Crippen molar-refractivity contribution >= 4 is 45.2 Å². The number of carbonyl (C=O) groups excluding carboxylic acids is 2. The minimum Gasteiger partial charge on any atom is -0.288 e. The molecular formula is C21H24N4O2S2. The monoisotopic (exact) mass is 428 g/mol. The van der Waals surface area contributed by atoms with Crippen molar-refractivity contribution in [3.05, 3.63) is 47.0 Å². The van der Waals surface area contributed by atoms with Crippen LogP contribution in [-0.4, -0.2) is 44.7 Å². The first-order valence-corrected chi connectivity index (χ1v) is 11.6. The second-order valence-corrected chi connectivity index (χ2v) is 9.64. The van der Waals surface area contributed by atoms with E-state index in [1.165, 1.54) is 11.3 Å². The molecule has 0 bridgehead atoms. The number of benzene rings is 1. The van der Waals surface area contributed by atoms with Gasteiger partial charge >= 0.3 is 0 Å². The number of thioether (sulfide) groups is 1. The minimum absolute atomic E-state index is 0.00332. The zero-order valence-corrected chi connectivity index (χ0v) is 18.3. The number of aromatic nitrogens is 1. The highest BCUT2D eigenvalue weighted by Crippen LogP contribution is 2.34. The van der Waals surface area contributed by atoms with E-state index in [0.717, 1.165) is 22.9 Å². The van der Waals surface area contributed by atoms with Crippen LogP contribution in [0.5, 0.6) is 0 Å². The van der Waals surface area contributed by atoms with Gasteiger partial charge in [-0.3, -0.25) is 24.4 Å². The number of carbonyl (C=O) groups is 2. The molecule has 6 nitrogen and oxygen atoms in total. The van der Waals surface area contributed by atoms with Crippen LogP contribution in [0.4, 0.5) is 5.13 Å². The van der Waals surface area contributed by atoms with Gasteiger partial charge in [0.15, 0.2) is 10.3 Å². The van der Waals surface area contributed by atoms with E-state index in [1.807, 2.05) is 40.6 Å². The number of aliphatic imine (C=N–C) groups is 1. The maximum Gasteiger partial charge on any atom is 0.235 e. The normalized spacial score (nSPS) is 20.1. The molecule has 0 radical (unpaired) electrons. The van der Waals surface area contributed by atoms with Gasteiger partial charge in [-0.2, -0.15) is 0 Å². The first kappa shape index (κ1) is 20.1. The molecule has 0 N–H and O–H groups in total. The zero-order chi connectivity index (χ0) is 20.4. The lowest BCUT2D eigenvalue weighted by Crippen LogP contribution is -2.47. The Balaban J connectivity index is 1.48. The minimum atomic E-state index is -0.291. The summed E-state index contributed by atoms with van der Waals surface area (Å²) >= 11 is 3.06. The third-order valence-corrected chi connectivity index (χ3v) is 7.35. The van der Waals surface area contributed by atoms with Crippen LogP contribution in [0.1, 0.15) is 37.9 Å². The molecular weight excluding hydrogens is 404 g/mol. The van der Waals surface area contributed by atoms with E-state index in [1.54, 1.807) is 16.7 Å². The lowest BCUT2D eigenvalue weighted by atomic mass is 10.1. The number of hydrogen-bond donors (Lipinski definition) is 0. The fraction of sp³-hybridized carbons (Fsp3) is 0.429. The first-order valence-electron chi connectivity index (χ1n) is 9.73. The molecule has 4 rings (SSSR count). The summed E-state index contributed by atoms with van der Waals surface area (Å²) in [6.07, 6.45) is 1.66. The number of thiazole rings is 1. The summed E-state index contributed by atoms with van der Waals surface area (Å²) in [5.41, 5.74) is 1.54. The van der Waals surface area contributed by atoms with Crippen molar-refractivity contribution in [2.45, 2.75) is 45.2 Å². The Morgan fingerprint density at radius 2 is 2.07 bits per heavy atom. The molecule has 0 atom stereocenters. The second-order valence-electron chi connectivity index (χ2n) is 7.86. The van der Waals surface area contributed by atoms with Crippen LogP contribution in [0.15, 0.2) is 40.7 Å². The Bertz CT molecular complexity index is 939. The number of anilines is 1. The summed E-state index contributed by atoms with van der Waals surface area (Å²) < 4.78 is 0. The average molecular weight is 429 g/mol. The molecule has 8 heteroatoms. The lowest BCUT2D eigenvalue weighted by Gasteiger charge is -2.30. The van der Waals surface area contributed by atoms with E-state index in [2.05, 4.69) is 18.8 Å². The summed E-state index contributed by atoms with van der Waals surface area (Å²) in [5, 5.41) is 3.35. The Labute approximate surface area is 179 Å². The van der Waals surface area contributed by atoms with Crippen molar-refractivity contribution in [3.63, 3.8) is 0 Å². The highest BCUT2D eigenvalue weighted by molar-refractivity contribution is 8.14. The summed E-state index contributed by atoms with van der Waals surface area (Å²) in [6, 6.07) is 10.1. The van der Waals surface area contributed by atoms with E-state index in [-0.39, 0.29) is 23.8 Å². The molecule has 29 heavy (non-hydrogen) atoms. The van der Waals surface area contributed by atoms with Gasteiger partial charge in [-0.25, -0.2) is 4.98 Å². The van der Waals surface area contributed by atoms with Gasteiger partial charge in [-0.15, -0.1) is 11.3 Å². The molecule has 2 aliphatic rings. The van der Waals surface area contributed by atoms with Crippen LogP contribution < -0.4 is 4.90 Å². The molecule has 1 aromatic carbocycles. The summed E-state index contributed by atoms with van der Waals surface area (Å²) in [5.74, 6) is 0.929. The zero-order valence-electron chi connectivity index (χ0n) is 16.6. The molecule has 1 aromatic heterocycles. The molecule has 0 aliphatic carbocycles. The van der Waals surface area contributed by atoms with Gasteiger partial charge in [0.1, 0.15) is 0 Å². The van der Waals surface area contributed by atoms with Gasteiger partial charge in [0.05, 0.1) is 24.2 Å². The van der Waals surface area contributed by atoms with Gasteiger partial charge < -0.3 is 0 Å². The third kappa shape index (κ3) is 4.38. The van der Waals surface area contributed by atoms with Gasteiger partial charge in [-0.05, 0) is 25.8 Å². The van der Waals surface area contributed by atoms with Crippen molar-refractivity contribution in [3.8, 4) is 0 Å². The molecule has 0 spiro atoms. The fourth-order valence-electron chi connectivity index (χ4n) is 3.52. The van der Waals surface area contributed by atoms with E-state index in [0.29, 0.717) is 30.3 Å². The standard InChI is InChI=1S/C21H24N4O2S2/c1-21(2)14-29-19(22-12-15-7-4-3-5-8-15)25(21)18(27)11-16-13-28-20(23-16)24-10-6-9-17(24)26/h3-5,7-8,13H,6,9-12,14H2,1-2H3. The van der Waals surface area contributed by atoms with Gasteiger partial charge in [0.25, 0.3) is 0 Å². The van der Waals surface area contributed by atoms with E-state index in [9.17, 15) is 9.59 Å². The average Bonchev–Trinajstić information content (AvgIpc) is 3.39. The van der Waals surface area contributed by atoms with Crippen molar-refractivity contribution in [1.29, 1.82) is 0 Å². The quantitative estimate of drug-likeness (QED) is 0.728. The van der Waals surface area contributed by atoms with Crippen LogP contribution in [0.2, 0.25) is 0 Å². The largest absolute Gasteiger partial charge is 0.288 e. The van der Waals surface area contributed by atoms with Crippen molar-refractivity contribution in [2.24, 2.45) is 4.99 Å². The van der Waals surface area contributed by atoms with Crippen LogP contribution in [0.25, 0.3) is 0 Å². The summed E-state index contributed by atoms with van der Waals surface area (Å²) in [4.78, 5) is 37.9. The topological polar surface area (TPSA) is 65.9 Å². The summed E-state index contributed by atoms with van der Waals surface area (Å²) in [7, 11) is 0. The predicted octanol–water partition coefficient (Wildman–Crippen LogP) is 3.72. The Morgan fingerprint density at radius 3 is 2.79 bits per heavy atom. The fourth-order valence-corrected chi connectivity index (χ4v) is 5.63. The van der Waals surface area contributed by atoms with Crippen molar-refractivity contribution in [1.82, 2.24) is 9.88 Å². The molecule has 2 aromatic rings. The highest BCUT2D eigenvalue weighted by Gasteiger charge is 2.41. The second kappa shape index (κ2) is 8.28. The maximum absolute atomic E-state index is 13.2. The molecule has 2 fully saturated rings. The molecule has 2 aliphatic heterocycles. The van der Waals surface area contributed by atoms with Crippen molar-refractivity contribution in [2.75, 3.05) is 17.2 Å². The Hall–Kier alpha value is -2.19. The highest BCUT2D eigenvalue weighted by atomic mass is 32.2. The number of nitrogens with zero attached hydrogens (tertiary/aromatic N) is 4. The van der Waals surface area contributed by atoms with Crippen molar-refractivity contribution < 1.29 is 9.59 Å². The number of amides is 2. The number of rotatable bonds is 5. The van der Waals surface area contributed by atoms with Gasteiger partial charge in [0.2, 0.25) is 11.8 Å². The van der Waals surface area contributed by atoms with E-state index in [4.69, 9.17) is 4.99 Å². The van der Waals surface area contributed by atoms with Gasteiger partial charge in [-0.1, -0.05) is 42.1 Å². The van der Waals surface area contributed by atoms with E-state index < -0.39 is 0 Å². The lowest BCUT2D eigenvalue weighted by molar-refractivity contribution is -0.129. The molecule has 2 amide bonds. The van der Waals surface area contributed by atoms with Crippen LogP contribution >= 0.6 is 23.1 Å². The smallest absolute Gasteiger partial charge is 0.235 e. The number of amidine groups is 1. The molecule has 0 saturated carbocycles. The summed E-state index contributed by atoms with van der Waals surface area (Å²) in [6.45, 7) is 5.41. The SMILES string of the molecule is CC1(C)CSC(=NCc2ccccc2)N1C(=O)Cc1csc(N2CCCC2=O)n1. The van der Waals surface area contributed by atoms with E-state index >= 15 is 0 Å². The van der Waals surface area contributed by atoms with Gasteiger partial charge in [0, 0.05) is 24.1 Å². The maximum atomic E-state index is 13.2. The Kier molecular flexibility index (Phi) is 5.74. The third-order valence-electron chi connectivity index (χ3n) is 5.02. The molecule has 152 valence electrons.